The Hall–Kier alpha value is -1.88. The maximum atomic E-state index is 11.3. The molecule has 1 aromatic heterocycles. The van der Waals surface area contributed by atoms with Gasteiger partial charge in [-0.2, -0.15) is 0 Å². The molecule has 3 rings (SSSR count). The number of carbonyl (C=O) groups is 1. The molecule has 5 nitrogen and oxygen atoms in total. The van der Waals surface area contributed by atoms with Gasteiger partial charge in [0.05, 0.1) is 11.1 Å². The summed E-state index contributed by atoms with van der Waals surface area (Å²) in [6.45, 7) is 6.30. The van der Waals surface area contributed by atoms with Gasteiger partial charge in [-0.15, -0.1) is 0 Å². The molecule has 0 spiro atoms. The van der Waals surface area contributed by atoms with Crippen molar-refractivity contribution in [3.05, 3.63) is 29.6 Å². The zero-order chi connectivity index (χ0) is 14.8. The number of fused-ring (bicyclic) bond motifs is 1. The molecule has 5 heteroatoms. The lowest BCUT2D eigenvalue weighted by molar-refractivity contribution is 0.0699. The van der Waals surface area contributed by atoms with E-state index in [4.69, 9.17) is 0 Å². The van der Waals surface area contributed by atoms with Crippen LogP contribution in [0.5, 0.6) is 0 Å². The summed E-state index contributed by atoms with van der Waals surface area (Å²) in [5, 5.41) is 9.30. The van der Waals surface area contributed by atoms with Gasteiger partial charge in [0.25, 0.3) is 0 Å². The minimum Gasteiger partial charge on any atom is -0.478 e. The number of imidazole rings is 1. The predicted molar refractivity (Wildman–Crippen MR) is 81.7 cm³/mol. The Balaban J connectivity index is 1.95. The Kier molecular flexibility index (Phi) is 3.92. The van der Waals surface area contributed by atoms with Crippen LogP contribution in [0.1, 0.15) is 35.9 Å². The van der Waals surface area contributed by atoms with Crippen LogP contribution in [0, 0.1) is 0 Å². The van der Waals surface area contributed by atoms with Gasteiger partial charge >= 0.3 is 5.97 Å². The van der Waals surface area contributed by atoms with Gasteiger partial charge in [-0.25, -0.2) is 9.78 Å². The SMILES string of the molecule is CCc1nc2c(C(=O)O)cccc2n1CCN1CCCC1. The van der Waals surface area contributed by atoms with Crippen LogP contribution in [-0.2, 0) is 13.0 Å². The molecule has 1 N–H and O–H groups in total. The third-order valence-corrected chi connectivity index (χ3v) is 4.24. The summed E-state index contributed by atoms with van der Waals surface area (Å²) in [4.78, 5) is 18.4. The average Bonchev–Trinajstić information content (AvgIpc) is 3.11. The fourth-order valence-corrected chi connectivity index (χ4v) is 3.13. The fourth-order valence-electron chi connectivity index (χ4n) is 3.13. The number of aryl methyl sites for hydroxylation is 1. The lowest BCUT2D eigenvalue weighted by atomic mass is 10.2. The first kappa shape index (κ1) is 14.1. The lowest BCUT2D eigenvalue weighted by Gasteiger charge is -2.16. The van der Waals surface area contributed by atoms with E-state index in [-0.39, 0.29) is 0 Å². The Morgan fingerprint density at radius 2 is 2.05 bits per heavy atom. The molecule has 0 radical (unpaired) electrons. The number of hydrogen-bond acceptors (Lipinski definition) is 3. The molecule has 1 saturated heterocycles. The van der Waals surface area contributed by atoms with Crippen molar-refractivity contribution in [2.75, 3.05) is 19.6 Å². The molecule has 0 saturated carbocycles. The molecule has 0 atom stereocenters. The molecule has 0 aliphatic carbocycles. The molecule has 0 unspecified atom stereocenters. The van der Waals surface area contributed by atoms with E-state index in [1.165, 1.54) is 25.9 Å². The minimum absolute atomic E-state index is 0.294. The third kappa shape index (κ3) is 2.65. The van der Waals surface area contributed by atoms with Crippen molar-refractivity contribution in [2.24, 2.45) is 0 Å². The maximum Gasteiger partial charge on any atom is 0.337 e. The van der Waals surface area contributed by atoms with E-state index in [1.807, 2.05) is 6.07 Å². The van der Waals surface area contributed by atoms with Crippen molar-refractivity contribution in [1.29, 1.82) is 0 Å². The second kappa shape index (κ2) is 5.85. The van der Waals surface area contributed by atoms with E-state index in [0.717, 1.165) is 30.9 Å². The van der Waals surface area contributed by atoms with Crippen LogP contribution < -0.4 is 0 Å². The summed E-state index contributed by atoms with van der Waals surface area (Å²) < 4.78 is 2.18. The van der Waals surface area contributed by atoms with Gasteiger partial charge < -0.3 is 14.6 Å². The van der Waals surface area contributed by atoms with Crippen LogP contribution in [0.2, 0.25) is 0 Å². The largest absolute Gasteiger partial charge is 0.478 e. The zero-order valence-corrected chi connectivity index (χ0v) is 12.4. The summed E-state index contributed by atoms with van der Waals surface area (Å²) in [6, 6.07) is 5.40. The van der Waals surface area contributed by atoms with Gasteiger partial charge in [-0.3, -0.25) is 0 Å². The molecule has 1 aliphatic rings. The van der Waals surface area contributed by atoms with Gasteiger partial charge in [0.1, 0.15) is 11.3 Å². The topological polar surface area (TPSA) is 58.4 Å². The minimum atomic E-state index is -0.910. The third-order valence-electron chi connectivity index (χ3n) is 4.24. The number of para-hydroxylation sites is 1. The summed E-state index contributed by atoms with van der Waals surface area (Å²) in [5.74, 6) is 0.0605. The number of aromatic nitrogens is 2. The van der Waals surface area contributed by atoms with E-state index in [9.17, 15) is 9.90 Å². The first-order chi connectivity index (χ1) is 10.2. The summed E-state index contributed by atoms with van der Waals surface area (Å²) in [6.07, 6.45) is 3.39. The molecule has 1 aliphatic heterocycles. The molecule has 1 aromatic carbocycles. The van der Waals surface area contributed by atoms with Crippen LogP contribution in [0.25, 0.3) is 11.0 Å². The first-order valence-electron chi connectivity index (χ1n) is 7.64. The van der Waals surface area contributed by atoms with Gasteiger partial charge in [0.15, 0.2) is 0 Å². The number of carboxylic acid groups (broad SMARTS) is 1. The second-order valence-corrected chi connectivity index (χ2v) is 5.56. The molecule has 112 valence electrons. The van der Waals surface area contributed by atoms with Crippen molar-refractivity contribution in [3.63, 3.8) is 0 Å². The number of rotatable bonds is 5. The van der Waals surface area contributed by atoms with E-state index in [1.54, 1.807) is 12.1 Å². The highest BCUT2D eigenvalue weighted by atomic mass is 16.4. The zero-order valence-electron chi connectivity index (χ0n) is 12.4. The maximum absolute atomic E-state index is 11.3. The van der Waals surface area contributed by atoms with Crippen LogP contribution >= 0.6 is 0 Å². The Labute approximate surface area is 124 Å². The lowest BCUT2D eigenvalue weighted by Crippen LogP contribution is -2.24. The molecule has 0 amide bonds. The van der Waals surface area contributed by atoms with E-state index >= 15 is 0 Å². The van der Waals surface area contributed by atoms with Crippen LogP contribution in [0.4, 0.5) is 0 Å². The van der Waals surface area contributed by atoms with E-state index in [0.29, 0.717) is 11.1 Å². The highest BCUT2D eigenvalue weighted by molar-refractivity contribution is 6.01. The summed E-state index contributed by atoms with van der Waals surface area (Å²) in [5.41, 5.74) is 1.84. The van der Waals surface area contributed by atoms with E-state index in [2.05, 4.69) is 21.4 Å². The van der Waals surface area contributed by atoms with Gasteiger partial charge in [0.2, 0.25) is 0 Å². The Morgan fingerprint density at radius 1 is 1.29 bits per heavy atom. The number of likely N-dealkylation sites (tertiary alicyclic amines) is 1. The first-order valence-corrected chi connectivity index (χ1v) is 7.64. The predicted octanol–water partition coefficient (Wildman–Crippen LogP) is 2.39. The van der Waals surface area contributed by atoms with Gasteiger partial charge in [0, 0.05) is 19.5 Å². The molecule has 1 fully saturated rings. The number of aromatic carboxylic acids is 1. The highest BCUT2D eigenvalue weighted by Crippen LogP contribution is 2.21. The standard InChI is InChI=1S/C16H21N3O2/c1-2-14-17-15-12(16(20)21)6-5-7-13(15)19(14)11-10-18-8-3-4-9-18/h5-7H,2-4,8-11H2,1H3,(H,20,21). The molecule has 2 aromatic rings. The van der Waals surface area contributed by atoms with Crippen molar-refractivity contribution in [3.8, 4) is 0 Å². The Morgan fingerprint density at radius 3 is 2.71 bits per heavy atom. The Bertz CT molecular complexity index is 657. The monoisotopic (exact) mass is 287 g/mol. The smallest absolute Gasteiger partial charge is 0.337 e. The van der Waals surface area contributed by atoms with Crippen LogP contribution in [0.3, 0.4) is 0 Å². The quantitative estimate of drug-likeness (QED) is 0.917. The number of nitrogens with zero attached hydrogens (tertiary/aromatic N) is 3. The van der Waals surface area contributed by atoms with Gasteiger partial charge in [-0.1, -0.05) is 13.0 Å². The molecular weight excluding hydrogens is 266 g/mol. The number of benzene rings is 1. The number of hydrogen-bond donors (Lipinski definition) is 1. The molecular formula is C16H21N3O2. The second-order valence-electron chi connectivity index (χ2n) is 5.56. The normalized spacial score (nSPS) is 15.9. The van der Waals surface area contributed by atoms with Crippen LogP contribution in [-0.4, -0.2) is 45.2 Å². The van der Waals surface area contributed by atoms with Crippen LogP contribution in [0.15, 0.2) is 18.2 Å². The van der Waals surface area contributed by atoms with Crippen molar-refractivity contribution < 1.29 is 9.90 Å². The summed E-state index contributed by atoms with van der Waals surface area (Å²) in [7, 11) is 0. The molecule has 2 heterocycles. The highest BCUT2D eigenvalue weighted by Gasteiger charge is 2.17. The van der Waals surface area contributed by atoms with Crippen molar-refractivity contribution in [1.82, 2.24) is 14.5 Å². The van der Waals surface area contributed by atoms with Crippen molar-refractivity contribution in [2.45, 2.75) is 32.7 Å². The molecule has 0 bridgehead atoms. The van der Waals surface area contributed by atoms with Gasteiger partial charge in [-0.05, 0) is 38.1 Å². The fraction of sp³-hybridized carbons (Fsp3) is 0.500. The summed E-state index contributed by atoms with van der Waals surface area (Å²) >= 11 is 0. The molecule has 21 heavy (non-hydrogen) atoms. The average molecular weight is 287 g/mol. The number of carboxylic acids is 1. The van der Waals surface area contributed by atoms with E-state index < -0.39 is 5.97 Å². The van der Waals surface area contributed by atoms with Crippen molar-refractivity contribution >= 4 is 17.0 Å².